The summed E-state index contributed by atoms with van der Waals surface area (Å²) in [4.78, 5) is 0. The maximum Gasteiger partial charge on any atom is 0.412 e. The Balaban J connectivity index is 1.63. The largest absolute Gasteiger partial charge is 0.412 e. The lowest BCUT2D eigenvalue weighted by molar-refractivity contribution is -0.111. The zero-order chi connectivity index (χ0) is 18.9. The maximum absolute atomic E-state index is 13.3. The molecule has 4 rings (SSSR count). The Labute approximate surface area is 154 Å². The van der Waals surface area contributed by atoms with Crippen LogP contribution in [0.4, 0.5) is 13.2 Å². The van der Waals surface area contributed by atoms with Crippen LogP contribution in [0.1, 0.15) is 65.2 Å². The normalized spacial score (nSPS) is 48.2. The van der Waals surface area contributed by atoms with Crippen molar-refractivity contribution in [2.24, 2.45) is 34.5 Å². The SMILES string of the molecule is C=C([C@H]1CCC2C3CC=C4C[C@@H](O)CC[C@]4(C)C3CC[C@@]21C)C(F)(F)F. The first kappa shape index (κ1) is 18.6. The van der Waals surface area contributed by atoms with E-state index >= 15 is 0 Å². The molecule has 0 heterocycles. The van der Waals surface area contributed by atoms with Gasteiger partial charge in [0.25, 0.3) is 0 Å². The second kappa shape index (κ2) is 5.86. The number of halogens is 3. The molecule has 0 aliphatic heterocycles. The molecule has 0 aromatic heterocycles. The number of allylic oxidation sites excluding steroid dienone is 2. The molecule has 0 aromatic carbocycles. The van der Waals surface area contributed by atoms with E-state index in [9.17, 15) is 18.3 Å². The molecule has 7 atom stereocenters. The quantitative estimate of drug-likeness (QED) is 0.559. The molecule has 4 heteroatoms. The molecule has 3 fully saturated rings. The summed E-state index contributed by atoms with van der Waals surface area (Å²) in [6.07, 6.45) is 4.91. The third kappa shape index (κ3) is 2.54. The fourth-order valence-electron chi connectivity index (χ4n) is 7.41. The Kier molecular flexibility index (Phi) is 4.19. The standard InChI is InChI=1S/C22H31F3O/c1-13(22(23,24)25)17-6-7-18-16-5-4-14-12-15(26)8-10-20(14,2)19(16)9-11-21(17,18)3/h4,15-19,26H,1,5-12H2,2-3H3/t15-,16?,17+,18?,19?,20-,21+/m0/s1. The zero-order valence-corrected chi connectivity index (χ0v) is 15.9. The molecule has 3 saturated carbocycles. The molecule has 26 heavy (non-hydrogen) atoms. The molecule has 0 radical (unpaired) electrons. The van der Waals surface area contributed by atoms with Crippen molar-refractivity contribution in [1.29, 1.82) is 0 Å². The van der Waals surface area contributed by atoms with Gasteiger partial charge in [-0.15, -0.1) is 0 Å². The molecule has 0 spiro atoms. The van der Waals surface area contributed by atoms with Crippen LogP contribution in [0, 0.1) is 34.5 Å². The minimum Gasteiger partial charge on any atom is -0.393 e. The van der Waals surface area contributed by atoms with Gasteiger partial charge in [0.1, 0.15) is 0 Å². The van der Waals surface area contributed by atoms with E-state index in [-0.39, 0.29) is 16.9 Å². The van der Waals surface area contributed by atoms with Crippen LogP contribution in [-0.4, -0.2) is 17.4 Å². The predicted molar refractivity (Wildman–Crippen MR) is 96.4 cm³/mol. The van der Waals surface area contributed by atoms with Gasteiger partial charge in [-0.25, -0.2) is 0 Å². The van der Waals surface area contributed by atoms with Gasteiger partial charge in [-0.2, -0.15) is 13.2 Å². The fourth-order valence-corrected chi connectivity index (χ4v) is 7.41. The Hall–Kier alpha value is -0.770. The number of aliphatic hydroxyl groups is 1. The molecule has 146 valence electrons. The number of fused-ring (bicyclic) bond motifs is 5. The highest BCUT2D eigenvalue weighted by Crippen LogP contribution is 2.67. The second-order valence-corrected chi connectivity index (χ2v) is 9.85. The Morgan fingerprint density at radius 1 is 1.12 bits per heavy atom. The highest BCUT2D eigenvalue weighted by Gasteiger charge is 2.60. The number of rotatable bonds is 1. The minimum absolute atomic E-state index is 0.141. The molecule has 0 aromatic rings. The average Bonchev–Trinajstić information content (AvgIpc) is 2.91. The van der Waals surface area contributed by atoms with Crippen molar-refractivity contribution in [3.8, 4) is 0 Å². The maximum atomic E-state index is 13.3. The van der Waals surface area contributed by atoms with Crippen LogP contribution in [0.25, 0.3) is 0 Å². The molecule has 0 bridgehead atoms. The van der Waals surface area contributed by atoms with Crippen LogP contribution in [0.3, 0.4) is 0 Å². The molecule has 0 amide bonds. The van der Waals surface area contributed by atoms with Gasteiger partial charge in [-0.1, -0.05) is 32.1 Å². The number of hydrogen-bond donors (Lipinski definition) is 1. The van der Waals surface area contributed by atoms with Gasteiger partial charge < -0.3 is 5.11 Å². The topological polar surface area (TPSA) is 20.2 Å². The predicted octanol–water partition coefficient (Wildman–Crippen LogP) is 6.04. The second-order valence-electron chi connectivity index (χ2n) is 9.85. The smallest absolute Gasteiger partial charge is 0.393 e. The summed E-state index contributed by atoms with van der Waals surface area (Å²) in [6.45, 7) is 7.93. The summed E-state index contributed by atoms with van der Waals surface area (Å²) in [7, 11) is 0. The molecule has 1 N–H and O–H groups in total. The number of hydrogen-bond acceptors (Lipinski definition) is 1. The lowest BCUT2D eigenvalue weighted by atomic mass is 9.47. The van der Waals surface area contributed by atoms with E-state index in [0.717, 1.165) is 44.9 Å². The summed E-state index contributed by atoms with van der Waals surface area (Å²) >= 11 is 0. The van der Waals surface area contributed by atoms with Crippen LogP contribution in [0.15, 0.2) is 23.8 Å². The third-order valence-electron chi connectivity index (χ3n) is 8.86. The van der Waals surface area contributed by atoms with Crippen molar-refractivity contribution in [1.82, 2.24) is 0 Å². The van der Waals surface area contributed by atoms with Gasteiger partial charge in [0.15, 0.2) is 0 Å². The lowest BCUT2D eigenvalue weighted by Crippen LogP contribution is -2.50. The first-order chi connectivity index (χ1) is 12.1. The van der Waals surface area contributed by atoms with E-state index in [1.54, 1.807) is 0 Å². The lowest BCUT2D eigenvalue weighted by Gasteiger charge is -2.58. The minimum atomic E-state index is -4.27. The van der Waals surface area contributed by atoms with Gasteiger partial charge in [-0.05, 0) is 85.9 Å². The van der Waals surface area contributed by atoms with Crippen molar-refractivity contribution in [2.45, 2.75) is 77.5 Å². The third-order valence-corrected chi connectivity index (χ3v) is 8.86. The van der Waals surface area contributed by atoms with Gasteiger partial charge >= 0.3 is 6.18 Å². The van der Waals surface area contributed by atoms with Crippen LogP contribution in [0.2, 0.25) is 0 Å². The van der Waals surface area contributed by atoms with Crippen molar-refractivity contribution < 1.29 is 18.3 Å². The first-order valence-electron chi connectivity index (χ1n) is 10.2. The highest BCUT2D eigenvalue weighted by atomic mass is 19.4. The van der Waals surface area contributed by atoms with Gasteiger partial charge in [0.05, 0.1) is 6.10 Å². The number of aliphatic hydroxyl groups excluding tert-OH is 1. The molecule has 4 aliphatic carbocycles. The molecule has 3 unspecified atom stereocenters. The van der Waals surface area contributed by atoms with Gasteiger partial charge in [-0.3, -0.25) is 0 Å². The van der Waals surface area contributed by atoms with Crippen molar-refractivity contribution >= 4 is 0 Å². The molecular formula is C22H31F3O. The van der Waals surface area contributed by atoms with E-state index in [0.29, 0.717) is 24.2 Å². The average molecular weight is 368 g/mol. The van der Waals surface area contributed by atoms with Crippen LogP contribution in [-0.2, 0) is 0 Å². The van der Waals surface area contributed by atoms with E-state index in [4.69, 9.17) is 0 Å². The monoisotopic (exact) mass is 368 g/mol. The van der Waals surface area contributed by atoms with Crippen LogP contribution < -0.4 is 0 Å². The van der Waals surface area contributed by atoms with E-state index in [1.165, 1.54) is 5.57 Å². The van der Waals surface area contributed by atoms with Crippen molar-refractivity contribution in [2.75, 3.05) is 0 Å². The highest BCUT2D eigenvalue weighted by molar-refractivity contribution is 5.26. The Morgan fingerprint density at radius 2 is 1.85 bits per heavy atom. The Morgan fingerprint density at radius 3 is 2.54 bits per heavy atom. The fraction of sp³-hybridized carbons (Fsp3) is 0.818. The summed E-state index contributed by atoms with van der Waals surface area (Å²) in [5, 5.41) is 10.1. The van der Waals surface area contributed by atoms with E-state index in [1.807, 2.05) is 0 Å². The van der Waals surface area contributed by atoms with Crippen molar-refractivity contribution in [3.63, 3.8) is 0 Å². The van der Waals surface area contributed by atoms with Gasteiger partial charge in [0, 0.05) is 5.57 Å². The molecule has 4 aliphatic rings. The Bertz CT molecular complexity index is 636. The molecular weight excluding hydrogens is 337 g/mol. The van der Waals surface area contributed by atoms with Gasteiger partial charge in [0.2, 0.25) is 0 Å². The zero-order valence-electron chi connectivity index (χ0n) is 15.9. The van der Waals surface area contributed by atoms with E-state index in [2.05, 4.69) is 26.5 Å². The molecule has 1 nitrogen and oxygen atoms in total. The van der Waals surface area contributed by atoms with Crippen molar-refractivity contribution in [3.05, 3.63) is 23.8 Å². The van der Waals surface area contributed by atoms with Crippen LogP contribution in [0.5, 0.6) is 0 Å². The summed E-state index contributed by atoms with van der Waals surface area (Å²) in [6, 6.07) is 0. The number of alkyl halides is 3. The summed E-state index contributed by atoms with van der Waals surface area (Å²) < 4.78 is 40.0. The summed E-state index contributed by atoms with van der Waals surface area (Å²) in [5.41, 5.74) is 0.794. The summed E-state index contributed by atoms with van der Waals surface area (Å²) in [5.74, 6) is 1.00. The first-order valence-corrected chi connectivity index (χ1v) is 10.2. The molecule has 0 saturated heterocycles. The van der Waals surface area contributed by atoms with Crippen LogP contribution >= 0.6 is 0 Å². The van der Waals surface area contributed by atoms with E-state index < -0.39 is 17.7 Å².